The van der Waals surface area contributed by atoms with Gasteiger partial charge in [-0.15, -0.1) is 0 Å². The van der Waals surface area contributed by atoms with Gasteiger partial charge in [0.25, 0.3) is 5.91 Å². The second kappa shape index (κ2) is 9.31. The second-order valence-corrected chi connectivity index (χ2v) is 8.21. The highest BCUT2D eigenvalue weighted by Crippen LogP contribution is 2.35. The van der Waals surface area contributed by atoms with Crippen molar-refractivity contribution >= 4 is 34.6 Å². The molecule has 0 unspecified atom stereocenters. The molecule has 0 aliphatic heterocycles. The van der Waals surface area contributed by atoms with Crippen molar-refractivity contribution in [1.29, 1.82) is 0 Å². The van der Waals surface area contributed by atoms with Gasteiger partial charge in [0.05, 0.1) is 0 Å². The van der Waals surface area contributed by atoms with Crippen LogP contribution in [0.5, 0.6) is 0 Å². The molecule has 1 aliphatic rings. The van der Waals surface area contributed by atoms with Crippen molar-refractivity contribution in [2.45, 2.75) is 63.1 Å². The number of furan rings is 1. The van der Waals surface area contributed by atoms with E-state index in [0.29, 0.717) is 23.1 Å². The molecule has 146 valence electrons. The lowest BCUT2D eigenvalue weighted by Crippen LogP contribution is -2.35. The van der Waals surface area contributed by atoms with Gasteiger partial charge in [0.2, 0.25) is 5.76 Å². The van der Waals surface area contributed by atoms with Crippen molar-refractivity contribution in [1.82, 2.24) is 5.32 Å². The number of ether oxygens (including phenoxy) is 1. The van der Waals surface area contributed by atoms with Crippen LogP contribution in [0.25, 0.3) is 11.0 Å². The predicted molar refractivity (Wildman–Crippen MR) is 108 cm³/mol. The zero-order chi connectivity index (χ0) is 19.2. The number of carbonyl (C=O) groups is 2. The molecule has 1 amide bonds. The topological polar surface area (TPSA) is 68.5 Å². The molecule has 2 aromatic rings. The van der Waals surface area contributed by atoms with Gasteiger partial charge in [0, 0.05) is 28.5 Å². The highest BCUT2D eigenvalue weighted by Gasteiger charge is 2.26. The molecule has 3 rings (SSSR count). The van der Waals surface area contributed by atoms with Gasteiger partial charge in [0.15, 0.2) is 6.10 Å². The molecule has 27 heavy (non-hydrogen) atoms. The van der Waals surface area contributed by atoms with Crippen molar-refractivity contribution in [2.24, 2.45) is 0 Å². The molecule has 1 atom stereocenters. The standard InChI is InChI=1S/C21H27NO4S/c1-3-22-20(23)14(2)25-21(24)19-17(13-27-15-9-5-4-6-10-15)16-11-7-8-12-18(16)26-19/h7-8,11-12,14-15H,3-6,9-10,13H2,1-2H3,(H,22,23)/t14-/m0/s1. The number of thioether (sulfide) groups is 1. The summed E-state index contributed by atoms with van der Waals surface area (Å²) >= 11 is 1.89. The maximum absolute atomic E-state index is 12.7. The molecule has 1 aliphatic carbocycles. The van der Waals surface area contributed by atoms with E-state index in [2.05, 4.69) is 5.32 Å². The Morgan fingerprint density at radius 2 is 2.00 bits per heavy atom. The SMILES string of the molecule is CCNC(=O)[C@H](C)OC(=O)c1oc2ccccc2c1CSC1CCCCC1. The normalized spacial score (nSPS) is 16.2. The van der Waals surface area contributed by atoms with Crippen LogP contribution in [0.15, 0.2) is 28.7 Å². The fraction of sp³-hybridized carbons (Fsp3) is 0.524. The molecule has 1 fully saturated rings. The van der Waals surface area contributed by atoms with Crippen LogP contribution in [0, 0.1) is 0 Å². The molecule has 1 aromatic heterocycles. The van der Waals surface area contributed by atoms with Gasteiger partial charge in [0.1, 0.15) is 5.58 Å². The van der Waals surface area contributed by atoms with Gasteiger partial charge in [-0.25, -0.2) is 4.79 Å². The van der Waals surface area contributed by atoms with Crippen LogP contribution in [-0.4, -0.2) is 29.8 Å². The van der Waals surface area contributed by atoms with Crippen molar-refractivity contribution in [3.63, 3.8) is 0 Å². The molecular formula is C21H27NO4S. The Labute approximate surface area is 164 Å². The third-order valence-electron chi connectivity index (χ3n) is 4.90. The molecule has 6 heteroatoms. The summed E-state index contributed by atoms with van der Waals surface area (Å²) in [5, 5.41) is 4.23. The summed E-state index contributed by atoms with van der Waals surface area (Å²) in [6, 6.07) is 7.66. The Balaban J connectivity index is 1.78. The summed E-state index contributed by atoms with van der Waals surface area (Å²) < 4.78 is 11.2. The minimum absolute atomic E-state index is 0.218. The smallest absolute Gasteiger partial charge is 0.375 e. The lowest BCUT2D eigenvalue weighted by molar-refractivity contribution is -0.129. The number of likely N-dealkylation sites (N-methyl/N-ethyl adjacent to an activating group) is 1. The first-order chi connectivity index (χ1) is 13.1. The van der Waals surface area contributed by atoms with Crippen LogP contribution < -0.4 is 5.32 Å². The first kappa shape index (κ1) is 19.8. The minimum atomic E-state index is -0.857. The highest BCUT2D eigenvalue weighted by molar-refractivity contribution is 7.99. The van der Waals surface area contributed by atoms with E-state index in [0.717, 1.165) is 10.9 Å². The number of nitrogens with one attached hydrogen (secondary N) is 1. The molecule has 0 bridgehead atoms. The van der Waals surface area contributed by atoms with Crippen LogP contribution in [0.3, 0.4) is 0 Å². The van der Waals surface area contributed by atoms with Crippen molar-refractivity contribution in [3.05, 3.63) is 35.6 Å². The van der Waals surface area contributed by atoms with E-state index in [4.69, 9.17) is 9.15 Å². The van der Waals surface area contributed by atoms with E-state index >= 15 is 0 Å². The zero-order valence-electron chi connectivity index (χ0n) is 16.0. The first-order valence-corrected chi connectivity index (χ1v) is 10.8. The lowest BCUT2D eigenvalue weighted by atomic mass is 10.0. The van der Waals surface area contributed by atoms with Crippen LogP contribution in [0.4, 0.5) is 0 Å². The number of para-hydroxylation sites is 1. The summed E-state index contributed by atoms with van der Waals surface area (Å²) in [5.74, 6) is 0.0433. The van der Waals surface area contributed by atoms with Crippen molar-refractivity contribution < 1.29 is 18.7 Å². The van der Waals surface area contributed by atoms with Crippen LogP contribution in [-0.2, 0) is 15.3 Å². The molecule has 0 spiro atoms. The Morgan fingerprint density at radius 3 is 2.74 bits per heavy atom. The molecule has 1 aromatic carbocycles. The maximum Gasteiger partial charge on any atom is 0.375 e. The van der Waals surface area contributed by atoms with Gasteiger partial charge < -0.3 is 14.5 Å². The van der Waals surface area contributed by atoms with E-state index < -0.39 is 12.1 Å². The predicted octanol–water partition coefficient (Wildman–Crippen LogP) is 4.68. The zero-order valence-corrected chi connectivity index (χ0v) is 16.8. The average molecular weight is 390 g/mol. The molecule has 0 saturated heterocycles. The van der Waals surface area contributed by atoms with Gasteiger partial charge in [-0.1, -0.05) is 37.5 Å². The fourth-order valence-corrected chi connectivity index (χ4v) is 4.78. The lowest BCUT2D eigenvalue weighted by Gasteiger charge is -2.20. The number of carbonyl (C=O) groups excluding carboxylic acids is 2. The second-order valence-electron chi connectivity index (χ2n) is 6.92. The first-order valence-electron chi connectivity index (χ1n) is 9.70. The monoisotopic (exact) mass is 389 g/mol. The van der Waals surface area contributed by atoms with E-state index in [-0.39, 0.29) is 11.7 Å². The number of esters is 1. The molecule has 1 heterocycles. The molecular weight excluding hydrogens is 362 g/mol. The fourth-order valence-electron chi connectivity index (χ4n) is 3.43. The van der Waals surface area contributed by atoms with E-state index in [9.17, 15) is 9.59 Å². The highest BCUT2D eigenvalue weighted by atomic mass is 32.2. The number of rotatable bonds is 7. The van der Waals surface area contributed by atoms with Crippen LogP contribution in [0.2, 0.25) is 0 Å². The molecule has 0 radical (unpaired) electrons. The number of fused-ring (bicyclic) bond motifs is 1. The average Bonchev–Trinajstić information content (AvgIpc) is 3.06. The van der Waals surface area contributed by atoms with Crippen molar-refractivity contribution in [3.8, 4) is 0 Å². The van der Waals surface area contributed by atoms with Gasteiger partial charge in [-0.2, -0.15) is 11.8 Å². The number of benzene rings is 1. The molecule has 1 N–H and O–H groups in total. The number of hydrogen-bond acceptors (Lipinski definition) is 5. The van der Waals surface area contributed by atoms with Crippen LogP contribution >= 0.6 is 11.8 Å². The van der Waals surface area contributed by atoms with E-state index in [1.54, 1.807) is 6.92 Å². The van der Waals surface area contributed by atoms with E-state index in [1.165, 1.54) is 32.1 Å². The third kappa shape index (κ3) is 4.86. The maximum atomic E-state index is 12.7. The Kier molecular flexibility index (Phi) is 6.83. The van der Waals surface area contributed by atoms with Gasteiger partial charge >= 0.3 is 5.97 Å². The summed E-state index contributed by atoms with van der Waals surface area (Å²) in [5.41, 5.74) is 1.55. The summed E-state index contributed by atoms with van der Waals surface area (Å²) in [4.78, 5) is 24.6. The Hall–Kier alpha value is -1.95. The Morgan fingerprint density at radius 1 is 1.26 bits per heavy atom. The summed E-state index contributed by atoms with van der Waals surface area (Å²) in [6.07, 6.45) is 5.49. The largest absolute Gasteiger partial charge is 0.449 e. The molecule has 1 saturated carbocycles. The number of hydrogen-bond donors (Lipinski definition) is 1. The molecule has 5 nitrogen and oxygen atoms in total. The quantitative estimate of drug-likeness (QED) is 0.696. The van der Waals surface area contributed by atoms with E-state index in [1.807, 2.05) is 43.0 Å². The minimum Gasteiger partial charge on any atom is -0.449 e. The van der Waals surface area contributed by atoms with Crippen molar-refractivity contribution in [2.75, 3.05) is 6.54 Å². The van der Waals surface area contributed by atoms with Gasteiger partial charge in [-0.3, -0.25) is 4.79 Å². The summed E-state index contributed by atoms with van der Waals surface area (Å²) in [6.45, 7) is 3.89. The summed E-state index contributed by atoms with van der Waals surface area (Å²) in [7, 11) is 0. The number of amides is 1. The van der Waals surface area contributed by atoms with Crippen LogP contribution in [0.1, 0.15) is 62.1 Å². The Bertz CT molecular complexity index is 795. The third-order valence-corrected chi connectivity index (χ3v) is 6.30. The van der Waals surface area contributed by atoms with Gasteiger partial charge in [-0.05, 0) is 32.8 Å².